The summed E-state index contributed by atoms with van der Waals surface area (Å²) in [5.74, 6) is -0.254. The maximum atomic E-state index is 11.7. The molecule has 0 atom stereocenters. The fourth-order valence-corrected chi connectivity index (χ4v) is 1.49. The number of nitrogens with one attached hydrogen (secondary N) is 2. The first kappa shape index (κ1) is 14.7. The molecule has 0 unspecified atom stereocenters. The Kier molecular flexibility index (Phi) is 5.05. The van der Waals surface area contributed by atoms with Crippen LogP contribution in [0.15, 0.2) is 30.4 Å². The minimum absolute atomic E-state index is 0.0608. The summed E-state index contributed by atoms with van der Waals surface area (Å²) in [6.07, 6.45) is 0. The van der Waals surface area contributed by atoms with E-state index in [1.807, 2.05) is 13.8 Å². The lowest BCUT2D eigenvalue weighted by atomic mass is 10.1. The summed E-state index contributed by atoms with van der Waals surface area (Å²) in [7, 11) is 0. The molecule has 1 amide bonds. The summed E-state index contributed by atoms with van der Waals surface area (Å²) < 4.78 is 0. The standard InChI is InChI=1S/C13H17N3O3/c1-4-14-13(17)10-5-6-12(16(18)19)11(7-10)15-8-9(2)3/h5-7,15H,2,4,8H2,1,3H3,(H,14,17). The van der Waals surface area contributed by atoms with Crippen molar-refractivity contribution in [3.8, 4) is 0 Å². The first-order valence-corrected chi connectivity index (χ1v) is 5.90. The van der Waals surface area contributed by atoms with Crippen molar-refractivity contribution in [2.24, 2.45) is 0 Å². The normalized spacial score (nSPS) is 9.79. The molecule has 1 rings (SSSR count). The SMILES string of the molecule is C=C(C)CNc1cc(C(=O)NCC)ccc1[N+](=O)[O-]. The highest BCUT2D eigenvalue weighted by atomic mass is 16.6. The van der Waals surface area contributed by atoms with Crippen LogP contribution in [0.25, 0.3) is 0 Å². The van der Waals surface area contributed by atoms with E-state index in [2.05, 4.69) is 17.2 Å². The van der Waals surface area contributed by atoms with Crippen LogP contribution in [0.2, 0.25) is 0 Å². The molecule has 0 saturated heterocycles. The second-order valence-corrected chi connectivity index (χ2v) is 4.16. The van der Waals surface area contributed by atoms with Crippen LogP contribution < -0.4 is 10.6 Å². The zero-order valence-electron chi connectivity index (χ0n) is 11.0. The summed E-state index contributed by atoms with van der Waals surface area (Å²) in [4.78, 5) is 22.1. The minimum Gasteiger partial charge on any atom is -0.376 e. The van der Waals surface area contributed by atoms with Crippen molar-refractivity contribution < 1.29 is 9.72 Å². The van der Waals surface area contributed by atoms with Gasteiger partial charge in [-0.2, -0.15) is 0 Å². The maximum Gasteiger partial charge on any atom is 0.292 e. The van der Waals surface area contributed by atoms with E-state index in [1.54, 1.807) is 0 Å². The van der Waals surface area contributed by atoms with Crippen LogP contribution in [0.5, 0.6) is 0 Å². The first-order valence-electron chi connectivity index (χ1n) is 5.90. The number of nitro benzene ring substituents is 1. The number of hydrogen-bond donors (Lipinski definition) is 2. The molecule has 0 aliphatic heterocycles. The predicted molar refractivity (Wildman–Crippen MR) is 74.4 cm³/mol. The predicted octanol–water partition coefficient (Wildman–Crippen LogP) is 2.33. The number of carbonyl (C=O) groups excluding carboxylic acids is 1. The Labute approximate surface area is 111 Å². The Morgan fingerprint density at radius 3 is 2.68 bits per heavy atom. The fraction of sp³-hybridized carbons (Fsp3) is 0.308. The molecule has 0 saturated carbocycles. The zero-order chi connectivity index (χ0) is 14.4. The van der Waals surface area contributed by atoms with E-state index in [-0.39, 0.29) is 11.6 Å². The van der Waals surface area contributed by atoms with Gasteiger partial charge in [-0.15, -0.1) is 0 Å². The molecule has 0 fully saturated rings. The van der Waals surface area contributed by atoms with E-state index in [0.29, 0.717) is 24.3 Å². The topological polar surface area (TPSA) is 84.3 Å². The number of rotatable bonds is 6. The van der Waals surface area contributed by atoms with E-state index >= 15 is 0 Å². The lowest BCUT2D eigenvalue weighted by Gasteiger charge is -2.09. The fourth-order valence-electron chi connectivity index (χ4n) is 1.49. The van der Waals surface area contributed by atoms with Gasteiger partial charge < -0.3 is 10.6 Å². The molecular weight excluding hydrogens is 246 g/mol. The molecule has 1 aromatic carbocycles. The largest absolute Gasteiger partial charge is 0.376 e. The van der Waals surface area contributed by atoms with E-state index in [1.165, 1.54) is 18.2 Å². The van der Waals surface area contributed by atoms with Crippen molar-refractivity contribution in [2.45, 2.75) is 13.8 Å². The van der Waals surface area contributed by atoms with Gasteiger partial charge in [-0.1, -0.05) is 12.2 Å². The number of benzene rings is 1. The smallest absolute Gasteiger partial charge is 0.292 e. The molecule has 1 aromatic rings. The Hall–Kier alpha value is -2.37. The summed E-state index contributed by atoms with van der Waals surface area (Å²) in [6, 6.07) is 4.24. The number of carbonyl (C=O) groups is 1. The van der Waals surface area contributed by atoms with Gasteiger partial charge in [0.1, 0.15) is 5.69 Å². The average molecular weight is 263 g/mol. The van der Waals surface area contributed by atoms with Crippen LogP contribution in [0.3, 0.4) is 0 Å². The third-order valence-corrected chi connectivity index (χ3v) is 2.37. The minimum atomic E-state index is -0.484. The summed E-state index contributed by atoms with van der Waals surface area (Å²) >= 11 is 0. The zero-order valence-corrected chi connectivity index (χ0v) is 11.0. The highest BCUT2D eigenvalue weighted by molar-refractivity contribution is 5.95. The van der Waals surface area contributed by atoms with E-state index < -0.39 is 4.92 Å². The molecule has 0 bridgehead atoms. The van der Waals surface area contributed by atoms with Gasteiger partial charge in [-0.05, 0) is 26.0 Å². The van der Waals surface area contributed by atoms with Gasteiger partial charge in [0.15, 0.2) is 0 Å². The van der Waals surface area contributed by atoms with Crippen molar-refractivity contribution in [2.75, 3.05) is 18.4 Å². The highest BCUT2D eigenvalue weighted by Gasteiger charge is 2.16. The molecule has 6 heteroatoms. The van der Waals surface area contributed by atoms with Crippen molar-refractivity contribution >= 4 is 17.3 Å². The Morgan fingerprint density at radius 1 is 1.47 bits per heavy atom. The quantitative estimate of drug-likeness (QED) is 0.468. The second-order valence-electron chi connectivity index (χ2n) is 4.16. The van der Waals surface area contributed by atoms with Gasteiger partial charge in [-0.25, -0.2) is 0 Å². The number of hydrogen-bond acceptors (Lipinski definition) is 4. The Balaban J connectivity index is 3.06. The molecule has 0 heterocycles. The molecule has 0 aliphatic carbocycles. The molecule has 6 nitrogen and oxygen atoms in total. The average Bonchev–Trinajstić information content (AvgIpc) is 2.36. The first-order chi connectivity index (χ1) is 8.95. The van der Waals surface area contributed by atoms with E-state index in [4.69, 9.17) is 0 Å². The van der Waals surface area contributed by atoms with Crippen LogP contribution in [0.1, 0.15) is 24.2 Å². The van der Waals surface area contributed by atoms with Crippen LogP contribution in [0, 0.1) is 10.1 Å². The lowest BCUT2D eigenvalue weighted by Crippen LogP contribution is -2.22. The maximum absolute atomic E-state index is 11.7. The number of nitrogens with zero attached hydrogens (tertiary/aromatic N) is 1. The van der Waals surface area contributed by atoms with Gasteiger partial charge in [-0.3, -0.25) is 14.9 Å². The number of nitro groups is 1. The highest BCUT2D eigenvalue weighted by Crippen LogP contribution is 2.25. The second kappa shape index (κ2) is 6.53. The van der Waals surface area contributed by atoms with Gasteiger partial charge >= 0.3 is 0 Å². The number of anilines is 1. The monoisotopic (exact) mass is 263 g/mol. The molecular formula is C13H17N3O3. The van der Waals surface area contributed by atoms with Crippen molar-refractivity contribution in [1.29, 1.82) is 0 Å². The Bertz CT molecular complexity index is 512. The molecule has 102 valence electrons. The Morgan fingerprint density at radius 2 is 2.16 bits per heavy atom. The van der Waals surface area contributed by atoms with Gasteiger partial charge in [0, 0.05) is 24.7 Å². The van der Waals surface area contributed by atoms with Crippen molar-refractivity contribution in [1.82, 2.24) is 5.32 Å². The molecule has 0 spiro atoms. The summed E-state index contributed by atoms with van der Waals surface area (Å²) in [6.45, 7) is 8.26. The van der Waals surface area contributed by atoms with E-state index in [9.17, 15) is 14.9 Å². The van der Waals surface area contributed by atoms with Gasteiger partial charge in [0.2, 0.25) is 0 Å². The van der Waals surface area contributed by atoms with Crippen molar-refractivity contribution in [3.63, 3.8) is 0 Å². The third-order valence-electron chi connectivity index (χ3n) is 2.37. The molecule has 0 aromatic heterocycles. The van der Waals surface area contributed by atoms with Crippen molar-refractivity contribution in [3.05, 3.63) is 46.0 Å². The molecule has 0 aliphatic rings. The van der Waals surface area contributed by atoms with Crippen LogP contribution in [-0.4, -0.2) is 23.9 Å². The molecule has 19 heavy (non-hydrogen) atoms. The van der Waals surface area contributed by atoms with Crippen LogP contribution in [0.4, 0.5) is 11.4 Å². The molecule has 0 radical (unpaired) electrons. The number of amides is 1. The van der Waals surface area contributed by atoms with Crippen LogP contribution in [-0.2, 0) is 0 Å². The summed E-state index contributed by atoms with van der Waals surface area (Å²) in [5.41, 5.74) is 1.49. The third kappa shape index (κ3) is 4.09. The molecule has 2 N–H and O–H groups in total. The summed E-state index contributed by atoms with van der Waals surface area (Å²) in [5, 5.41) is 16.5. The lowest BCUT2D eigenvalue weighted by molar-refractivity contribution is -0.384. The van der Waals surface area contributed by atoms with Crippen LogP contribution >= 0.6 is 0 Å². The van der Waals surface area contributed by atoms with E-state index in [0.717, 1.165) is 5.57 Å². The van der Waals surface area contributed by atoms with Gasteiger partial charge in [0.25, 0.3) is 11.6 Å². The van der Waals surface area contributed by atoms with Gasteiger partial charge in [0.05, 0.1) is 4.92 Å².